The zero-order chi connectivity index (χ0) is 17.8. The predicted molar refractivity (Wildman–Crippen MR) is 95.1 cm³/mol. The number of carbonyl (C=O) groups is 1. The number of aromatic amines is 1. The van der Waals surface area contributed by atoms with E-state index in [1.165, 1.54) is 6.33 Å². The van der Waals surface area contributed by atoms with Gasteiger partial charge in [0.25, 0.3) is 5.91 Å². The lowest BCUT2D eigenvalue weighted by Gasteiger charge is -2.11. The monoisotopic (exact) mass is 338 g/mol. The van der Waals surface area contributed by atoms with Gasteiger partial charge in [-0.15, -0.1) is 5.10 Å². The zero-order valence-electron chi connectivity index (χ0n) is 14.1. The molecule has 0 aliphatic carbocycles. The van der Waals surface area contributed by atoms with Gasteiger partial charge in [0, 0.05) is 30.1 Å². The molecule has 1 aromatic carbocycles. The Labute approximate surface area is 144 Å². The summed E-state index contributed by atoms with van der Waals surface area (Å²) in [4.78, 5) is 25.0. The smallest absolute Gasteiger partial charge is 0.258 e. The number of anilines is 4. The number of benzene rings is 1. The molecule has 9 nitrogen and oxygen atoms in total. The van der Waals surface area contributed by atoms with Gasteiger partial charge in [0.15, 0.2) is 0 Å². The molecule has 0 aliphatic heterocycles. The van der Waals surface area contributed by atoms with Gasteiger partial charge in [-0.2, -0.15) is 4.98 Å². The Balaban J connectivity index is 1.84. The van der Waals surface area contributed by atoms with Gasteiger partial charge in [-0.05, 0) is 31.5 Å². The highest BCUT2D eigenvalue weighted by Gasteiger charge is 2.12. The third-order valence-corrected chi connectivity index (χ3v) is 3.49. The van der Waals surface area contributed by atoms with Crippen molar-refractivity contribution in [3.8, 4) is 0 Å². The topological polar surface area (TPSA) is 121 Å². The summed E-state index contributed by atoms with van der Waals surface area (Å²) in [5.41, 5.74) is 2.88. The second-order valence-corrected chi connectivity index (χ2v) is 5.40. The van der Waals surface area contributed by atoms with Gasteiger partial charge in [-0.25, -0.2) is 9.97 Å². The number of rotatable bonds is 5. The van der Waals surface area contributed by atoms with Crippen LogP contribution in [-0.4, -0.2) is 38.1 Å². The minimum absolute atomic E-state index is 0.225. The molecule has 2 aromatic heterocycles. The van der Waals surface area contributed by atoms with Crippen LogP contribution >= 0.6 is 0 Å². The van der Waals surface area contributed by atoms with E-state index >= 15 is 0 Å². The van der Waals surface area contributed by atoms with Gasteiger partial charge in [0.2, 0.25) is 11.9 Å². The van der Waals surface area contributed by atoms with Crippen LogP contribution < -0.4 is 16.0 Å². The van der Waals surface area contributed by atoms with Crippen LogP contribution in [0.3, 0.4) is 0 Å². The summed E-state index contributed by atoms with van der Waals surface area (Å²) < 4.78 is 0. The molecule has 4 N–H and O–H groups in total. The third kappa shape index (κ3) is 3.89. The number of carbonyl (C=O) groups excluding carboxylic acids is 1. The summed E-state index contributed by atoms with van der Waals surface area (Å²) in [6, 6.07) is 7.30. The first-order valence-corrected chi connectivity index (χ1v) is 7.63. The maximum absolute atomic E-state index is 12.4. The van der Waals surface area contributed by atoms with Crippen LogP contribution in [0.2, 0.25) is 0 Å². The van der Waals surface area contributed by atoms with Gasteiger partial charge < -0.3 is 10.6 Å². The van der Waals surface area contributed by atoms with Crippen molar-refractivity contribution in [3.63, 3.8) is 0 Å². The highest BCUT2D eigenvalue weighted by Crippen LogP contribution is 2.20. The maximum Gasteiger partial charge on any atom is 0.258 e. The largest absolute Gasteiger partial charge is 0.373 e. The van der Waals surface area contributed by atoms with Crippen molar-refractivity contribution in [2.24, 2.45) is 0 Å². The van der Waals surface area contributed by atoms with Crippen molar-refractivity contribution >= 4 is 29.3 Å². The second-order valence-electron chi connectivity index (χ2n) is 5.40. The van der Waals surface area contributed by atoms with Crippen LogP contribution in [0.1, 0.15) is 21.6 Å². The number of aryl methyl sites for hydroxylation is 2. The van der Waals surface area contributed by atoms with E-state index in [1.54, 1.807) is 13.1 Å². The number of H-pyrrole nitrogens is 1. The summed E-state index contributed by atoms with van der Waals surface area (Å²) >= 11 is 0. The van der Waals surface area contributed by atoms with Crippen LogP contribution in [0, 0.1) is 13.8 Å². The molecule has 9 heteroatoms. The summed E-state index contributed by atoms with van der Waals surface area (Å²) in [5, 5.41) is 15.1. The first kappa shape index (κ1) is 16.4. The lowest BCUT2D eigenvalue weighted by atomic mass is 10.1. The average molecular weight is 338 g/mol. The van der Waals surface area contributed by atoms with Crippen molar-refractivity contribution in [1.29, 1.82) is 0 Å². The Hall–Kier alpha value is -3.49. The van der Waals surface area contributed by atoms with E-state index in [1.807, 2.05) is 32.0 Å². The third-order valence-electron chi connectivity index (χ3n) is 3.49. The fourth-order valence-electron chi connectivity index (χ4n) is 2.26. The predicted octanol–water partition coefficient (Wildman–Crippen LogP) is 2.25. The molecule has 2 heterocycles. The second kappa shape index (κ2) is 6.95. The maximum atomic E-state index is 12.4. The molecule has 0 saturated heterocycles. The molecule has 3 rings (SSSR count). The van der Waals surface area contributed by atoms with Gasteiger partial charge in [-0.3, -0.25) is 15.2 Å². The Bertz CT molecular complexity index is 891. The zero-order valence-corrected chi connectivity index (χ0v) is 14.1. The first-order chi connectivity index (χ1) is 12.0. The van der Waals surface area contributed by atoms with Gasteiger partial charge in [0.05, 0.1) is 0 Å². The minimum atomic E-state index is -0.290. The first-order valence-electron chi connectivity index (χ1n) is 7.63. The number of nitrogens with one attached hydrogen (secondary N) is 4. The van der Waals surface area contributed by atoms with E-state index in [4.69, 9.17) is 0 Å². The van der Waals surface area contributed by atoms with E-state index in [9.17, 15) is 4.79 Å². The van der Waals surface area contributed by atoms with Gasteiger partial charge >= 0.3 is 0 Å². The summed E-state index contributed by atoms with van der Waals surface area (Å²) in [7, 11) is 1.79. The van der Waals surface area contributed by atoms with Crippen molar-refractivity contribution in [1.82, 2.24) is 25.1 Å². The molecule has 0 unspecified atom stereocenters. The molecule has 0 aliphatic rings. The number of aromatic nitrogens is 5. The average Bonchev–Trinajstić information content (AvgIpc) is 3.09. The molecule has 0 radical (unpaired) electrons. The normalized spacial score (nSPS) is 10.4. The molecule has 1 amide bonds. The SMILES string of the molecule is CNc1cc(C)nc(Nc2ccc(C)c(C(=O)Nc3nc[nH]n3)c2)n1. The Morgan fingerprint density at radius 1 is 1.12 bits per heavy atom. The molecule has 128 valence electrons. The quantitative estimate of drug-likeness (QED) is 0.563. The van der Waals surface area contributed by atoms with Crippen molar-refractivity contribution < 1.29 is 4.79 Å². The molecular weight excluding hydrogens is 320 g/mol. The van der Waals surface area contributed by atoms with Gasteiger partial charge in [-0.1, -0.05) is 6.07 Å². The number of amides is 1. The van der Waals surface area contributed by atoms with Crippen molar-refractivity contribution in [3.05, 3.63) is 47.4 Å². The van der Waals surface area contributed by atoms with Crippen molar-refractivity contribution in [2.75, 3.05) is 23.0 Å². The van der Waals surface area contributed by atoms with Crippen LogP contribution in [0.4, 0.5) is 23.4 Å². The lowest BCUT2D eigenvalue weighted by Crippen LogP contribution is -2.14. The fraction of sp³-hybridized carbons (Fsp3) is 0.188. The number of nitrogens with zero attached hydrogens (tertiary/aromatic N) is 4. The summed E-state index contributed by atoms with van der Waals surface area (Å²) in [5.74, 6) is 1.10. The molecule has 0 atom stereocenters. The van der Waals surface area contributed by atoms with E-state index in [-0.39, 0.29) is 11.9 Å². The standard InChI is InChI=1S/C16H18N8O/c1-9-4-5-11(21-16-20-10(2)6-13(17-3)22-16)7-12(9)14(25)23-15-18-8-19-24-15/h4-8H,1-3H3,(H2,17,20,21,22)(H2,18,19,23,24,25). The van der Waals surface area contributed by atoms with E-state index in [0.29, 0.717) is 23.0 Å². The van der Waals surface area contributed by atoms with E-state index < -0.39 is 0 Å². The summed E-state index contributed by atoms with van der Waals surface area (Å²) in [6.45, 7) is 3.75. The van der Waals surface area contributed by atoms with Crippen LogP contribution in [-0.2, 0) is 0 Å². The van der Waals surface area contributed by atoms with Crippen LogP contribution in [0.15, 0.2) is 30.6 Å². The van der Waals surface area contributed by atoms with Crippen LogP contribution in [0.5, 0.6) is 0 Å². The summed E-state index contributed by atoms with van der Waals surface area (Å²) in [6.07, 6.45) is 1.40. The Morgan fingerprint density at radius 2 is 1.96 bits per heavy atom. The Morgan fingerprint density at radius 3 is 2.68 bits per heavy atom. The number of hydrogen-bond acceptors (Lipinski definition) is 7. The number of hydrogen-bond donors (Lipinski definition) is 4. The fourth-order valence-corrected chi connectivity index (χ4v) is 2.26. The molecular formula is C16H18N8O. The van der Waals surface area contributed by atoms with Crippen molar-refractivity contribution in [2.45, 2.75) is 13.8 Å². The van der Waals surface area contributed by atoms with Gasteiger partial charge in [0.1, 0.15) is 12.1 Å². The highest BCUT2D eigenvalue weighted by atomic mass is 16.1. The molecule has 0 spiro atoms. The molecule has 0 fully saturated rings. The molecule has 3 aromatic rings. The minimum Gasteiger partial charge on any atom is -0.373 e. The van der Waals surface area contributed by atoms with E-state index in [0.717, 1.165) is 11.3 Å². The molecule has 25 heavy (non-hydrogen) atoms. The Kier molecular flexibility index (Phi) is 4.55. The van der Waals surface area contributed by atoms with Crippen LogP contribution in [0.25, 0.3) is 0 Å². The van der Waals surface area contributed by atoms with E-state index in [2.05, 4.69) is 41.1 Å². The highest BCUT2D eigenvalue weighted by molar-refractivity contribution is 6.05. The molecule has 0 bridgehead atoms. The molecule has 0 saturated carbocycles. The lowest BCUT2D eigenvalue weighted by molar-refractivity contribution is 0.102.